The van der Waals surface area contributed by atoms with Crippen LogP contribution in [0, 0.1) is 0 Å². The lowest BCUT2D eigenvalue weighted by molar-refractivity contribution is 0.122. The van der Waals surface area contributed by atoms with E-state index in [-0.39, 0.29) is 6.61 Å². The van der Waals surface area contributed by atoms with E-state index in [1.54, 1.807) is 0 Å². The van der Waals surface area contributed by atoms with Gasteiger partial charge in [-0.25, -0.2) is 4.98 Å². The molecular weight excluding hydrogens is 440 g/mol. The number of fused-ring (bicyclic) bond motifs is 1. The number of anilines is 2. The molecule has 0 radical (unpaired) electrons. The zero-order valence-corrected chi connectivity index (χ0v) is 19.6. The zero-order chi connectivity index (χ0) is 22.9. The number of morpholine rings is 1. The predicted octanol–water partition coefficient (Wildman–Crippen LogP) is 3.66. The van der Waals surface area contributed by atoms with Crippen LogP contribution in [0.2, 0.25) is 5.02 Å². The first kappa shape index (κ1) is 23.6. The summed E-state index contributed by atoms with van der Waals surface area (Å²) in [5, 5.41) is 14.5. The molecule has 4 rings (SSSR count). The molecule has 2 aromatic heterocycles. The summed E-state index contributed by atoms with van der Waals surface area (Å²) in [5.41, 5.74) is 1.98. The number of aryl methyl sites for hydroxylation is 2. The van der Waals surface area contributed by atoms with E-state index in [0.717, 1.165) is 79.5 Å². The van der Waals surface area contributed by atoms with Crippen molar-refractivity contribution in [1.82, 2.24) is 19.9 Å². The molecule has 33 heavy (non-hydrogen) atoms. The number of rotatable bonds is 11. The highest BCUT2D eigenvalue weighted by atomic mass is 35.5. The summed E-state index contributed by atoms with van der Waals surface area (Å²) in [5.74, 6) is 2.34. The number of aliphatic hydroxyl groups excluding tert-OH is 1. The van der Waals surface area contributed by atoms with Gasteiger partial charge in [-0.15, -0.1) is 0 Å². The lowest BCUT2D eigenvalue weighted by Gasteiger charge is -2.27. The number of nitrogens with one attached hydrogen (secondary N) is 1. The number of aliphatic hydroxyl groups is 1. The monoisotopic (exact) mass is 470 g/mol. The smallest absolute Gasteiger partial charge is 0.229 e. The van der Waals surface area contributed by atoms with Crippen LogP contribution >= 0.6 is 11.6 Å². The fourth-order valence-electron chi connectivity index (χ4n) is 3.90. The second-order valence-electron chi connectivity index (χ2n) is 8.15. The topological polar surface area (TPSA) is 96.3 Å². The average Bonchev–Trinajstić information content (AvgIpc) is 2.85. The average molecular weight is 471 g/mol. The van der Waals surface area contributed by atoms with Gasteiger partial charge in [0.1, 0.15) is 11.6 Å². The van der Waals surface area contributed by atoms with Crippen molar-refractivity contribution >= 4 is 34.1 Å². The van der Waals surface area contributed by atoms with Gasteiger partial charge in [-0.3, -0.25) is 4.98 Å². The molecule has 1 aliphatic heterocycles. The van der Waals surface area contributed by atoms with Gasteiger partial charge in [0.2, 0.25) is 5.95 Å². The van der Waals surface area contributed by atoms with Gasteiger partial charge < -0.3 is 20.1 Å². The SMILES string of the molecule is OCCCc1nc(CCCCCNc2ccnc3cc(Cl)ccc23)nc(N2CCOCC2)n1. The van der Waals surface area contributed by atoms with Crippen LogP contribution < -0.4 is 10.2 Å². The van der Waals surface area contributed by atoms with Crippen molar-refractivity contribution < 1.29 is 9.84 Å². The molecule has 9 heteroatoms. The highest BCUT2D eigenvalue weighted by Crippen LogP contribution is 2.24. The predicted molar refractivity (Wildman–Crippen MR) is 131 cm³/mol. The molecule has 0 spiro atoms. The molecule has 1 saturated heterocycles. The second-order valence-corrected chi connectivity index (χ2v) is 8.59. The maximum Gasteiger partial charge on any atom is 0.229 e. The summed E-state index contributed by atoms with van der Waals surface area (Å²) in [6.45, 7) is 4.01. The molecule has 0 unspecified atom stereocenters. The molecule has 0 aliphatic carbocycles. The van der Waals surface area contributed by atoms with Gasteiger partial charge in [0.15, 0.2) is 0 Å². The largest absolute Gasteiger partial charge is 0.396 e. The molecule has 0 saturated carbocycles. The van der Waals surface area contributed by atoms with Crippen LogP contribution in [0.1, 0.15) is 37.3 Å². The van der Waals surface area contributed by atoms with Crippen molar-refractivity contribution in [2.75, 3.05) is 49.7 Å². The van der Waals surface area contributed by atoms with Gasteiger partial charge in [-0.2, -0.15) is 9.97 Å². The molecule has 3 aromatic rings. The Bertz CT molecular complexity index is 1040. The normalized spacial score (nSPS) is 14.1. The van der Waals surface area contributed by atoms with E-state index in [1.807, 2.05) is 30.5 Å². The molecule has 3 heterocycles. The minimum Gasteiger partial charge on any atom is -0.396 e. The Morgan fingerprint density at radius 2 is 1.76 bits per heavy atom. The molecule has 2 N–H and O–H groups in total. The van der Waals surface area contributed by atoms with Crippen LogP contribution in [0.25, 0.3) is 10.9 Å². The summed E-state index contributed by atoms with van der Waals surface area (Å²) in [6, 6.07) is 7.79. The van der Waals surface area contributed by atoms with Crippen LogP contribution in [-0.4, -0.2) is 64.5 Å². The summed E-state index contributed by atoms with van der Waals surface area (Å²) >= 11 is 6.08. The summed E-state index contributed by atoms with van der Waals surface area (Å²) < 4.78 is 5.45. The Morgan fingerprint density at radius 1 is 0.970 bits per heavy atom. The molecule has 176 valence electrons. The third kappa shape index (κ3) is 6.72. The molecule has 1 aromatic carbocycles. The molecule has 0 bridgehead atoms. The van der Waals surface area contributed by atoms with Gasteiger partial charge in [0.05, 0.1) is 18.7 Å². The first-order valence-corrected chi connectivity index (χ1v) is 12.1. The van der Waals surface area contributed by atoms with Crippen molar-refractivity contribution in [3.63, 3.8) is 0 Å². The summed E-state index contributed by atoms with van der Waals surface area (Å²) in [6.07, 6.45) is 7.10. The standard InChI is InChI=1S/C24H31ClN6O2/c25-18-7-8-19-20(9-11-27-21(19)17-18)26-10-3-1-2-5-22-28-23(6-4-14-32)30-24(29-22)31-12-15-33-16-13-31/h7-9,11,17,32H,1-6,10,12-16H2,(H,26,27). The fourth-order valence-corrected chi connectivity index (χ4v) is 4.07. The number of halogens is 1. The Labute approximate surface area is 199 Å². The first-order chi connectivity index (χ1) is 16.2. The Balaban J connectivity index is 1.28. The highest BCUT2D eigenvalue weighted by Gasteiger charge is 2.16. The Hall–Kier alpha value is -2.55. The number of hydrogen-bond acceptors (Lipinski definition) is 8. The van der Waals surface area contributed by atoms with E-state index in [2.05, 4.69) is 25.2 Å². The summed E-state index contributed by atoms with van der Waals surface area (Å²) in [4.78, 5) is 20.6. The van der Waals surface area contributed by atoms with Crippen molar-refractivity contribution in [2.24, 2.45) is 0 Å². The molecule has 1 fully saturated rings. The van der Waals surface area contributed by atoms with Gasteiger partial charge in [-0.05, 0) is 43.5 Å². The number of ether oxygens (including phenoxy) is 1. The van der Waals surface area contributed by atoms with Crippen LogP contribution in [0.15, 0.2) is 30.5 Å². The van der Waals surface area contributed by atoms with E-state index in [0.29, 0.717) is 31.1 Å². The molecule has 0 amide bonds. The van der Waals surface area contributed by atoms with Crippen molar-refractivity contribution in [3.05, 3.63) is 47.1 Å². The number of benzene rings is 1. The van der Waals surface area contributed by atoms with Crippen LogP contribution in [-0.2, 0) is 17.6 Å². The fraction of sp³-hybridized carbons (Fsp3) is 0.500. The van der Waals surface area contributed by atoms with E-state index in [1.165, 1.54) is 0 Å². The minimum absolute atomic E-state index is 0.140. The maximum absolute atomic E-state index is 9.18. The van der Waals surface area contributed by atoms with E-state index < -0.39 is 0 Å². The van der Waals surface area contributed by atoms with Crippen molar-refractivity contribution in [3.8, 4) is 0 Å². The van der Waals surface area contributed by atoms with Gasteiger partial charge in [0.25, 0.3) is 0 Å². The number of unbranched alkanes of at least 4 members (excludes halogenated alkanes) is 2. The van der Waals surface area contributed by atoms with Gasteiger partial charge in [0, 0.05) is 61.4 Å². The molecule has 0 atom stereocenters. The quantitative estimate of drug-likeness (QED) is 0.410. The van der Waals surface area contributed by atoms with E-state index in [4.69, 9.17) is 21.3 Å². The lowest BCUT2D eigenvalue weighted by atomic mass is 10.1. The Morgan fingerprint density at radius 3 is 2.55 bits per heavy atom. The third-order valence-corrected chi connectivity index (χ3v) is 5.90. The number of hydrogen-bond donors (Lipinski definition) is 2. The molecule has 8 nitrogen and oxygen atoms in total. The van der Waals surface area contributed by atoms with Crippen molar-refractivity contribution in [1.29, 1.82) is 0 Å². The Kier molecular flexibility index (Phi) is 8.63. The zero-order valence-electron chi connectivity index (χ0n) is 18.8. The number of nitrogens with zero attached hydrogens (tertiary/aromatic N) is 5. The van der Waals surface area contributed by atoms with Crippen LogP contribution in [0.5, 0.6) is 0 Å². The first-order valence-electron chi connectivity index (χ1n) is 11.7. The van der Waals surface area contributed by atoms with Crippen LogP contribution in [0.4, 0.5) is 11.6 Å². The van der Waals surface area contributed by atoms with Crippen LogP contribution in [0.3, 0.4) is 0 Å². The van der Waals surface area contributed by atoms with E-state index >= 15 is 0 Å². The third-order valence-electron chi connectivity index (χ3n) is 5.67. The van der Waals surface area contributed by atoms with Crippen molar-refractivity contribution in [2.45, 2.75) is 38.5 Å². The minimum atomic E-state index is 0.140. The second kappa shape index (κ2) is 12.1. The molecular formula is C24H31ClN6O2. The highest BCUT2D eigenvalue weighted by molar-refractivity contribution is 6.31. The lowest BCUT2D eigenvalue weighted by Crippen LogP contribution is -2.37. The number of pyridine rings is 1. The van der Waals surface area contributed by atoms with Gasteiger partial charge in [-0.1, -0.05) is 18.0 Å². The summed E-state index contributed by atoms with van der Waals surface area (Å²) in [7, 11) is 0. The van der Waals surface area contributed by atoms with Gasteiger partial charge >= 0.3 is 0 Å². The van der Waals surface area contributed by atoms with E-state index in [9.17, 15) is 5.11 Å². The maximum atomic E-state index is 9.18. The molecule has 1 aliphatic rings. The number of aromatic nitrogens is 4.